The number of nitrogens with one attached hydrogen (secondary N) is 1. The zero-order chi connectivity index (χ0) is 15.5. The van der Waals surface area contributed by atoms with E-state index in [1.165, 1.54) is 24.8 Å². The third kappa shape index (κ3) is 3.22. The molecule has 1 heterocycles. The van der Waals surface area contributed by atoms with Gasteiger partial charge in [-0.3, -0.25) is 5.32 Å². The monoisotopic (exact) mass is 299 g/mol. The molecule has 1 fully saturated rings. The molecule has 0 aliphatic heterocycles. The molecule has 3 rings (SSSR count). The molecule has 1 saturated carbocycles. The van der Waals surface area contributed by atoms with Gasteiger partial charge in [0.05, 0.1) is 6.04 Å². The van der Waals surface area contributed by atoms with Gasteiger partial charge in [0.2, 0.25) is 5.89 Å². The maximum absolute atomic E-state index is 5.43. The Hall–Kier alpha value is -1.68. The molecule has 22 heavy (non-hydrogen) atoms. The number of hydrogen-bond donors (Lipinski definition) is 1. The second-order valence-electron chi connectivity index (χ2n) is 6.61. The van der Waals surface area contributed by atoms with Crippen molar-refractivity contribution in [2.24, 2.45) is 5.92 Å². The molecular weight excluding hydrogens is 274 g/mol. The molecule has 118 valence electrons. The van der Waals surface area contributed by atoms with Gasteiger partial charge in [0.1, 0.15) is 0 Å². The molecule has 0 spiro atoms. The first-order valence-corrected chi connectivity index (χ1v) is 8.29. The summed E-state index contributed by atoms with van der Waals surface area (Å²) in [5.74, 6) is 2.46. The van der Waals surface area contributed by atoms with Gasteiger partial charge in [-0.05, 0) is 31.2 Å². The van der Waals surface area contributed by atoms with Crippen molar-refractivity contribution in [2.45, 2.75) is 58.0 Å². The van der Waals surface area contributed by atoms with Gasteiger partial charge in [-0.15, -0.1) is 0 Å². The predicted octanol–water partition coefficient (Wildman–Crippen LogP) is 4.39. The topological polar surface area (TPSA) is 51.0 Å². The number of nitrogens with zero attached hydrogens (tertiary/aromatic N) is 2. The average molecular weight is 299 g/mol. The second kappa shape index (κ2) is 6.61. The van der Waals surface area contributed by atoms with Gasteiger partial charge in [-0.2, -0.15) is 4.98 Å². The average Bonchev–Trinajstić information content (AvgIpc) is 2.95. The Morgan fingerprint density at radius 3 is 2.41 bits per heavy atom. The molecule has 0 radical (unpaired) electrons. The van der Waals surface area contributed by atoms with Crippen molar-refractivity contribution >= 4 is 0 Å². The number of hydrogen-bond acceptors (Lipinski definition) is 4. The third-order valence-electron chi connectivity index (χ3n) is 4.55. The van der Waals surface area contributed by atoms with E-state index in [4.69, 9.17) is 4.52 Å². The molecule has 0 unspecified atom stereocenters. The fourth-order valence-electron chi connectivity index (χ4n) is 2.94. The van der Waals surface area contributed by atoms with Crippen LogP contribution in [0.25, 0.3) is 0 Å². The molecule has 1 aliphatic carbocycles. The minimum Gasteiger partial charge on any atom is -0.338 e. The Morgan fingerprint density at radius 1 is 1.14 bits per heavy atom. The lowest BCUT2D eigenvalue weighted by molar-refractivity contribution is 0.207. The van der Waals surface area contributed by atoms with Crippen molar-refractivity contribution in [2.75, 3.05) is 0 Å². The van der Waals surface area contributed by atoms with Crippen LogP contribution in [0.1, 0.15) is 75.3 Å². The van der Waals surface area contributed by atoms with Gasteiger partial charge in [-0.1, -0.05) is 55.8 Å². The van der Waals surface area contributed by atoms with Crippen LogP contribution in [-0.4, -0.2) is 10.1 Å². The number of aromatic nitrogens is 2. The zero-order valence-corrected chi connectivity index (χ0v) is 13.6. The summed E-state index contributed by atoms with van der Waals surface area (Å²) in [7, 11) is 0. The zero-order valence-electron chi connectivity index (χ0n) is 13.6. The summed E-state index contributed by atoms with van der Waals surface area (Å²) >= 11 is 0. The van der Waals surface area contributed by atoms with Crippen LogP contribution >= 0.6 is 0 Å². The molecule has 4 nitrogen and oxygen atoms in total. The standard InChI is InChI=1S/C18H25N3O/c1-12(2)17-20-18(22-21-17)13(3)19-16(15-10-7-11-15)14-8-5-4-6-9-14/h4-6,8-9,12-13,15-16,19H,7,10-11H2,1-3H3/t13-,16+/m1/s1. The van der Waals surface area contributed by atoms with E-state index in [9.17, 15) is 0 Å². The Bertz CT molecular complexity index is 589. The van der Waals surface area contributed by atoms with E-state index >= 15 is 0 Å². The molecule has 4 heteroatoms. The van der Waals surface area contributed by atoms with Crippen molar-refractivity contribution < 1.29 is 4.52 Å². The lowest BCUT2D eigenvalue weighted by atomic mass is 9.77. The molecule has 0 saturated heterocycles. The Kier molecular flexibility index (Phi) is 4.57. The van der Waals surface area contributed by atoms with Crippen LogP contribution in [0.2, 0.25) is 0 Å². The highest BCUT2D eigenvalue weighted by molar-refractivity contribution is 5.20. The lowest BCUT2D eigenvalue weighted by Crippen LogP contribution is -2.34. The molecule has 1 aromatic heterocycles. The lowest BCUT2D eigenvalue weighted by Gasteiger charge is -2.36. The van der Waals surface area contributed by atoms with E-state index < -0.39 is 0 Å². The van der Waals surface area contributed by atoms with E-state index in [0.717, 1.165) is 5.82 Å². The molecular formula is C18H25N3O. The summed E-state index contributed by atoms with van der Waals surface area (Å²) in [5.41, 5.74) is 1.35. The van der Waals surface area contributed by atoms with Gasteiger partial charge in [0.15, 0.2) is 5.82 Å². The van der Waals surface area contributed by atoms with E-state index in [1.807, 2.05) is 0 Å². The van der Waals surface area contributed by atoms with E-state index in [-0.39, 0.29) is 6.04 Å². The Balaban J connectivity index is 1.74. The molecule has 2 aromatic rings. The minimum absolute atomic E-state index is 0.0609. The van der Waals surface area contributed by atoms with E-state index in [2.05, 4.69) is 66.6 Å². The van der Waals surface area contributed by atoms with Crippen molar-refractivity contribution in [1.29, 1.82) is 0 Å². The van der Waals surface area contributed by atoms with Gasteiger partial charge < -0.3 is 4.52 Å². The largest absolute Gasteiger partial charge is 0.338 e. The molecule has 1 aromatic carbocycles. The fourth-order valence-corrected chi connectivity index (χ4v) is 2.94. The second-order valence-corrected chi connectivity index (χ2v) is 6.61. The van der Waals surface area contributed by atoms with Crippen molar-refractivity contribution in [3.8, 4) is 0 Å². The smallest absolute Gasteiger partial charge is 0.243 e. The first kappa shape index (κ1) is 15.2. The minimum atomic E-state index is 0.0609. The maximum Gasteiger partial charge on any atom is 0.243 e. The molecule has 0 bridgehead atoms. The highest BCUT2D eigenvalue weighted by Gasteiger charge is 2.30. The van der Waals surface area contributed by atoms with Crippen LogP contribution in [0, 0.1) is 5.92 Å². The van der Waals surface area contributed by atoms with Crippen molar-refractivity contribution in [1.82, 2.24) is 15.5 Å². The SMILES string of the molecule is CC(C)c1noc([C@@H](C)N[C@@H](c2ccccc2)C2CCC2)n1. The van der Waals surface area contributed by atoms with Crippen LogP contribution in [-0.2, 0) is 0 Å². The third-order valence-corrected chi connectivity index (χ3v) is 4.55. The van der Waals surface area contributed by atoms with E-state index in [0.29, 0.717) is 23.8 Å². The summed E-state index contributed by atoms with van der Waals surface area (Å²) in [5, 5.41) is 7.78. The highest BCUT2D eigenvalue weighted by atomic mass is 16.5. The quantitative estimate of drug-likeness (QED) is 0.859. The maximum atomic E-state index is 5.43. The van der Waals surface area contributed by atoms with Crippen LogP contribution in [0.5, 0.6) is 0 Å². The Morgan fingerprint density at radius 2 is 1.86 bits per heavy atom. The Labute approximate surface area is 132 Å². The summed E-state index contributed by atoms with van der Waals surface area (Å²) in [6.45, 7) is 6.26. The predicted molar refractivity (Wildman–Crippen MR) is 86.5 cm³/mol. The molecule has 2 atom stereocenters. The van der Waals surface area contributed by atoms with Gasteiger partial charge >= 0.3 is 0 Å². The molecule has 1 N–H and O–H groups in total. The fraction of sp³-hybridized carbons (Fsp3) is 0.556. The van der Waals surface area contributed by atoms with Crippen LogP contribution in [0.3, 0.4) is 0 Å². The molecule has 1 aliphatic rings. The van der Waals surface area contributed by atoms with Crippen LogP contribution < -0.4 is 5.32 Å². The van der Waals surface area contributed by atoms with Gasteiger partial charge in [0.25, 0.3) is 0 Å². The normalized spacial score (nSPS) is 18.2. The number of rotatable bonds is 6. The highest BCUT2D eigenvalue weighted by Crippen LogP contribution is 2.38. The van der Waals surface area contributed by atoms with Crippen molar-refractivity contribution in [3.63, 3.8) is 0 Å². The molecule has 0 amide bonds. The van der Waals surface area contributed by atoms with Crippen LogP contribution in [0.15, 0.2) is 34.9 Å². The summed E-state index contributed by atoms with van der Waals surface area (Å²) in [4.78, 5) is 4.52. The van der Waals surface area contributed by atoms with Crippen molar-refractivity contribution in [3.05, 3.63) is 47.6 Å². The summed E-state index contributed by atoms with van der Waals surface area (Å²) in [6, 6.07) is 11.1. The number of benzene rings is 1. The first-order chi connectivity index (χ1) is 10.6. The van der Waals surface area contributed by atoms with Gasteiger partial charge in [-0.25, -0.2) is 0 Å². The first-order valence-electron chi connectivity index (χ1n) is 8.29. The summed E-state index contributed by atoms with van der Waals surface area (Å²) < 4.78 is 5.43. The summed E-state index contributed by atoms with van der Waals surface area (Å²) in [6.07, 6.45) is 3.92. The van der Waals surface area contributed by atoms with Gasteiger partial charge in [0, 0.05) is 12.0 Å². The van der Waals surface area contributed by atoms with E-state index in [1.54, 1.807) is 0 Å². The van der Waals surface area contributed by atoms with Crippen LogP contribution in [0.4, 0.5) is 0 Å².